The number of halogens is 2. The van der Waals surface area contributed by atoms with Crippen LogP contribution < -0.4 is 0 Å². The second-order valence-corrected chi connectivity index (χ2v) is 5.50. The Kier molecular flexibility index (Phi) is 2.88. The van der Waals surface area contributed by atoms with E-state index in [1.165, 1.54) is 10.3 Å². The topological polar surface area (TPSA) is 0 Å². The third-order valence-electron chi connectivity index (χ3n) is 1.81. The Balaban J connectivity index is 2.85. The van der Waals surface area contributed by atoms with Gasteiger partial charge in [0.15, 0.2) is 0 Å². The molecule has 2 rings (SSSR count). The first-order valence-corrected chi connectivity index (χ1v) is 6.90. The molecule has 68 valence electrons. The van der Waals surface area contributed by atoms with Crippen LogP contribution in [0.1, 0.15) is 0 Å². The number of hydrogen-bond acceptors (Lipinski definition) is 2. The van der Waals surface area contributed by atoms with Crippen molar-refractivity contribution in [3.05, 3.63) is 27.0 Å². The van der Waals surface area contributed by atoms with Gasteiger partial charge >= 0.3 is 0 Å². The molecule has 0 fully saturated rings. The number of rotatable bonds is 1. The molecule has 0 unspecified atom stereocenters. The normalized spacial score (nSPS) is 11.0. The van der Waals surface area contributed by atoms with Crippen LogP contribution in [-0.2, 0) is 0 Å². The first-order valence-electron chi connectivity index (χ1n) is 3.63. The number of thiophene rings is 1. The van der Waals surface area contributed by atoms with Gasteiger partial charge in [-0.1, -0.05) is 11.6 Å². The molecule has 2 aromatic rings. The van der Waals surface area contributed by atoms with Crippen LogP contribution >= 0.6 is 50.6 Å². The molecule has 1 aromatic carbocycles. The molecule has 0 radical (unpaired) electrons. The monoisotopic (exact) mass is 292 g/mol. The zero-order valence-corrected chi connectivity index (χ0v) is 10.8. The summed E-state index contributed by atoms with van der Waals surface area (Å²) in [7, 11) is 0. The van der Waals surface area contributed by atoms with Crippen molar-refractivity contribution in [1.29, 1.82) is 0 Å². The van der Waals surface area contributed by atoms with Gasteiger partial charge in [-0.2, -0.15) is 0 Å². The molecule has 0 N–H and O–H groups in total. The fourth-order valence-electron chi connectivity index (χ4n) is 1.19. The Labute approximate surface area is 98.4 Å². The maximum absolute atomic E-state index is 6.13. The highest BCUT2D eigenvalue weighted by Gasteiger charge is 2.08. The Bertz CT molecular complexity index is 450. The maximum atomic E-state index is 6.13. The number of fused-ring (bicyclic) bond motifs is 1. The van der Waals surface area contributed by atoms with E-state index in [4.69, 9.17) is 11.6 Å². The summed E-state index contributed by atoms with van der Waals surface area (Å²) >= 11 is 13.1. The van der Waals surface area contributed by atoms with Crippen LogP contribution in [-0.4, -0.2) is 6.26 Å². The Hall–Kier alpha value is 0.300. The highest BCUT2D eigenvalue weighted by molar-refractivity contribution is 9.10. The van der Waals surface area contributed by atoms with Gasteiger partial charge < -0.3 is 0 Å². The Morgan fingerprint density at radius 2 is 2.31 bits per heavy atom. The fraction of sp³-hybridized carbons (Fsp3) is 0.111. The zero-order chi connectivity index (χ0) is 9.42. The minimum absolute atomic E-state index is 0.845. The van der Waals surface area contributed by atoms with Crippen molar-refractivity contribution in [3.63, 3.8) is 0 Å². The molecule has 4 heteroatoms. The molecule has 0 nitrogen and oxygen atoms in total. The maximum Gasteiger partial charge on any atom is 0.0596 e. The predicted molar refractivity (Wildman–Crippen MR) is 66.3 cm³/mol. The van der Waals surface area contributed by atoms with Crippen molar-refractivity contribution < 1.29 is 0 Å². The molecule has 1 aromatic heterocycles. The summed E-state index contributed by atoms with van der Waals surface area (Å²) in [5, 5.41) is 4.12. The van der Waals surface area contributed by atoms with E-state index in [9.17, 15) is 0 Å². The van der Waals surface area contributed by atoms with Gasteiger partial charge in [0, 0.05) is 14.8 Å². The third-order valence-corrected chi connectivity index (χ3v) is 5.05. The minimum Gasteiger partial charge on any atom is -0.142 e. The van der Waals surface area contributed by atoms with Gasteiger partial charge in [-0.05, 0) is 39.7 Å². The molecule has 1 heterocycles. The third kappa shape index (κ3) is 1.63. The van der Waals surface area contributed by atoms with Crippen LogP contribution in [0, 0.1) is 0 Å². The predicted octanol–water partition coefficient (Wildman–Crippen LogP) is 5.04. The minimum atomic E-state index is 0.845. The molecule has 0 aliphatic heterocycles. The number of thioether (sulfide) groups is 1. The number of hydrogen-bond donors (Lipinski definition) is 0. The van der Waals surface area contributed by atoms with Crippen molar-refractivity contribution in [2.45, 2.75) is 4.90 Å². The molecular formula is C9H6BrClS2. The summed E-state index contributed by atoms with van der Waals surface area (Å²) in [5.41, 5.74) is 0. The van der Waals surface area contributed by atoms with E-state index in [0.29, 0.717) is 0 Å². The summed E-state index contributed by atoms with van der Waals surface area (Å²) in [6.07, 6.45) is 2.05. The van der Waals surface area contributed by atoms with Gasteiger partial charge in [0.25, 0.3) is 0 Å². The summed E-state index contributed by atoms with van der Waals surface area (Å²) in [4.78, 5) is 1.19. The molecule has 0 amide bonds. The molecule has 0 saturated carbocycles. The van der Waals surface area contributed by atoms with Crippen LogP contribution in [0.3, 0.4) is 0 Å². The molecule has 0 aliphatic carbocycles. The quantitative estimate of drug-likeness (QED) is 0.664. The summed E-state index contributed by atoms with van der Waals surface area (Å²) < 4.78 is 2.31. The van der Waals surface area contributed by atoms with Crippen molar-refractivity contribution in [3.8, 4) is 0 Å². The van der Waals surface area contributed by atoms with E-state index < -0.39 is 0 Å². The van der Waals surface area contributed by atoms with E-state index in [2.05, 4.69) is 33.6 Å². The van der Waals surface area contributed by atoms with Crippen molar-refractivity contribution in [2.75, 3.05) is 6.26 Å². The fourth-order valence-corrected chi connectivity index (χ4v) is 4.00. The lowest BCUT2D eigenvalue weighted by atomic mass is 10.3. The first-order chi connectivity index (χ1) is 6.24. The van der Waals surface area contributed by atoms with Crippen LogP contribution in [0.25, 0.3) is 10.1 Å². The van der Waals surface area contributed by atoms with Crippen LogP contribution in [0.2, 0.25) is 5.02 Å². The Morgan fingerprint density at radius 3 is 3.00 bits per heavy atom. The lowest BCUT2D eigenvalue weighted by Crippen LogP contribution is -1.75. The van der Waals surface area contributed by atoms with E-state index in [1.807, 2.05) is 6.07 Å². The van der Waals surface area contributed by atoms with Crippen LogP contribution in [0.15, 0.2) is 26.9 Å². The summed E-state index contributed by atoms with van der Waals surface area (Å²) in [6, 6.07) is 4.10. The van der Waals surface area contributed by atoms with Gasteiger partial charge in [0.05, 0.1) is 9.72 Å². The highest BCUT2D eigenvalue weighted by Crippen LogP contribution is 2.39. The highest BCUT2D eigenvalue weighted by atomic mass is 79.9. The molecular weight excluding hydrogens is 288 g/mol. The van der Waals surface area contributed by atoms with E-state index in [0.717, 1.165) is 14.2 Å². The molecule has 0 saturated heterocycles. The zero-order valence-electron chi connectivity index (χ0n) is 6.80. The van der Waals surface area contributed by atoms with Crippen molar-refractivity contribution in [1.82, 2.24) is 0 Å². The summed E-state index contributed by atoms with van der Waals surface area (Å²) in [6.45, 7) is 0. The largest absolute Gasteiger partial charge is 0.142 e. The lowest BCUT2D eigenvalue weighted by molar-refractivity contribution is 1.47. The van der Waals surface area contributed by atoms with Crippen molar-refractivity contribution in [2.24, 2.45) is 0 Å². The second kappa shape index (κ2) is 3.81. The SMILES string of the molecule is CSc1cc(Cl)c2sccc2c1Br. The molecule has 0 atom stereocenters. The van der Waals surface area contributed by atoms with E-state index in [1.54, 1.807) is 23.1 Å². The average Bonchev–Trinajstić information content (AvgIpc) is 2.60. The molecule has 0 spiro atoms. The number of benzene rings is 1. The van der Waals surface area contributed by atoms with Gasteiger partial charge in [0.2, 0.25) is 0 Å². The van der Waals surface area contributed by atoms with Gasteiger partial charge in [-0.3, -0.25) is 0 Å². The van der Waals surface area contributed by atoms with Gasteiger partial charge in [-0.15, -0.1) is 23.1 Å². The van der Waals surface area contributed by atoms with Crippen LogP contribution in [0.4, 0.5) is 0 Å². The van der Waals surface area contributed by atoms with Gasteiger partial charge in [0.1, 0.15) is 0 Å². The molecule has 0 bridgehead atoms. The average molecular weight is 294 g/mol. The molecule has 0 aliphatic rings. The van der Waals surface area contributed by atoms with Crippen LogP contribution in [0.5, 0.6) is 0 Å². The van der Waals surface area contributed by atoms with Crippen molar-refractivity contribution >= 4 is 60.7 Å². The standard InChI is InChI=1S/C9H6BrClS2/c1-12-7-4-6(11)9-5(8(7)10)2-3-13-9/h2-4H,1H3. The second-order valence-electron chi connectivity index (χ2n) is 2.54. The summed E-state index contributed by atoms with van der Waals surface area (Å²) in [5.74, 6) is 0. The van der Waals surface area contributed by atoms with Gasteiger partial charge in [-0.25, -0.2) is 0 Å². The lowest BCUT2D eigenvalue weighted by Gasteiger charge is -2.03. The Morgan fingerprint density at radius 1 is 1.54 bits per heavy atom. The first kappa shape index (κ1) is 9.84. The smallest absolute Gasteiger partial charge is 0.0596 e. The van der Waals surface area contributed by atoms with E-state index in [-0.39, 0.29) is 0 Å². The molecule has 13 heavy (non-hydrogen) atoms. The van der Waals surface area contributed by atoms with E-state index >= 15 is 0 Å².